The minimum Gasteiger partial charge on any atom is -0.451 e. The van der Waals surface area contributed by atoms with Gasteiger partial charge < -0.3 is 19.9 Å². The van der Waals surface area contributed by atoms with Crippen molar-refractivity contribution < 1.29 is 19.1 Å². The highest BCUT2D eigenvalue weighted by atomic mass is 16.5. The number of amides is 2. The molecule has 1 aliphatic rings. The minimum absolute atomic E-state index is 0.0208. The van der Waals surface area contributed by atoms with E-state index in [1.54, 1.807) is 35.5 Å². The molecule has 0 saturated carbocycles. The van der Waals surface area contributed by atoms with Gasteiger partial charge in [-0.3, -0.25) is 9.59 Å². The van der Waals surface area contributed by atoms with Crippen LogP contribution >= 0.6 is 0 Å². The molecule has 30 heavy (non-hydrogen) atoms. The van der Waals surface area contributed by atoms with Crippen LogP contribution in [0.3, 0.4) is 0 Å². The predicted octanol–water partition coefficient (Wildman–Crippen LogP) is 0.846. The number of hydrogen-bond acceptors (Lipinski definition) is 7. The van der Waals surface area contributed by atoms with Crippen molar-refractivity contribution in [2.45, 2.75) is 6.92 Å². The molecule has 2 aromatic rings. The Kier molecular flexibility index (Phi) is 7.09. The first-order valence-corrected chi connectivity index (χ1v) is 9.54. The SMILES string of the molecule is CC(=O)N/C(=C\c1ccccc1)C(=O)OCC(=O)N1CCN(c2ncccn2)CC1. The van der Waals surface area contributed by atoms with Crippen molar-refractivity contribution in [2.24, 2.45) is 0 Å². The second-order valence-electron chi connectivity index (χ2n) is 6.64. The fourth-order valence-electron chi connectivity index (χ4n) is 2.96. The van der Waals surface area contributed by atoms with E-state index < -0.39 is 18.5 Å². The molecule has 9 heteroatoms. The van der Waals surface area contributed by atoms with E-state index in [2.05, 4.69) is 15.3 Å². The lowest BCUT2D eigenvalue weighted by atomic mass is 10.2. The zero-order valence-electron chi connectivity index (χ0n) is 16.7. The molecule has 0 unspecified atom stereocenters. The van der Waals surface area contributed by atoms with E-state index in [1.165, 1.54) is 13.0 Å². The zero-order chi connectivity index (χ0) is 21.3. The summed E-state index contributed by atoms with van der Waals surface area (Å²) in [5.74, 6) is -0.834. The molecular formula is C21H23N5O4. The van der Waals surface area contributed by atoms with E-state index in [-0.39, 0.29) is 11.6 Å². The summed E-state index contributed by atoms with van der Waals surface area (Å²) in [5.41, 5.74) is 0.705. The molecule has 0 bridgehead atoms. The van der Waals surface area contributed by atoms with E-state index >= 15 is 0 Å². The van der Waals surface area contributed by atoms with Crippen LogP contribution in [-0.4, -0.2) is 65.4 Å². The van der Waals surface area contributed by atoms with Crippen molar-refractivity contribution >= 4 is 29.8 Å². The van der Waals surface area contributed by atoms with Gasteiger partial charge in [0.15, 0.2) is 6.61 Å². The molecule has 1 aromatic heterocycles. The van der Waals surface area contributed by atoms with Crippen molar-refractivity contribution in [1.29, 1.82) is 0 Å². The fraction of sp³-hybridized carbons (Fsp3) is 0.286. The normalized spacial score (nSPS) is 14.2. The molecule has 1 N–H and O–H groups in total. The lowest BCUT2D eigenvalue weighted by Crippen LogP contribution is -2.50. The van der Waals surface area contributed by atoms with Crippen LogP contribution in [0.5, 0.6) is 0 Å². The van der Waals surface area contributed by atoms with Crippen molar-refractivity contribution in [3.05, 3.63) is 60.1 Å². The van der Waals surface area contributed by atoms with Gasteiger partial charge in [0.05, 0.1) is 0 Å². The zero-order valence-corrected chi connectivity index (χ0v) is 16.7. The molecule has 1 saturated heterocycles. The first-order valence-electron chi connectivity index (χ1n) is 9.54. The van der Waals surface area contributed by atoms with Gasteiger partial charge in [0.25, 0.3) is 5.91 Å². The molecule has 1 aromatic carbocycles. The number of anilines is 1. The Morgan fingerprint density at radius 3 is 2.33 bits per heavy atom. The first kappa shape index (κ1) is 21.0. The monoisotopic (exact) mass is 409 g/mol. The van der Waals surface area contributed by atoms with E-state index in [0.717, 1.165) is 5.56 Å². The Morgan fingerprint density at radius 1 is 1.03 bits per heavy atom. The molecule has 9 nitrogen and oxygen atoms in total. The number of nitrogens with zero attached hydrogens (tertiary/aromatic N) is 4. The standard InChI is InChI=1S/C21H23N5O4/c1-16(27)24-18(14-17-6-3-2-4-7-17)20(29)30-15-19(28)25-10-12-26(13-11-25)21-22-8-5-9-23-21/h2-9,14H,10-13,15H2,1H3,(H,24,27)/b18-14-. The Hall–Kier alpha value is -3.75. The molecule has 0 radical (unpaired) electrons. The van der Waals surface area contributed by atoms with Crippen LogP contribution in [0.4, 0.5) is 5.95 Å². The maximum absolute atomic E-state index is 12.4. The number of aromatic nitrogens is 2. The number of piperazine rings is 1. The number of nitrogens with one attached hydrogen (secondary N) is 1. The molecule has 156 valence electrons. The first-order chi connectivity index (χ1) is 14.5. The minimum atomic E-state index is -0.765. The third-order valence-corrected chi connectivity index (χ3v) is 4.44. The van der Waals surface area contributed by atoms with Gasteiger partial charge in [0, 0.05) is 45.5 Å². The Labute approximate surface area is 174 Å². The Balaban J connectivity index is 1.53. The third-order valence-electron chi connectivity index (χ3n) is 4.44. The maximum Gasteiger partial charge on any atom is 0.355 e. The Morgan fingerprint density at radius 2 is 1.70 bits per heavy atom. The molecule has 0 aliphatic carbocycles. The van der Waals surface area contributed by atoms with Gasteiger partial charge in [0.1, 0.15) is 5.70 Å². The summed E-state index contributed by atoms with van der Waals surface area (Å²) in [7, 11) is 0. The second-order valence-corrected chi connectivity index (χ2v) is 6.64. The average Bonchev–Trinajstić information content (AvgIpc) is 2.78. The number of ether oxygens (including phenoxy) is 1. The van der Waals surface area contributed by atoms with Crippen molar-refractivity contribution in [3.63, 3.8) is 0 Å². The molecule has 0 spiro atoms. The van der Waals surface area contributed by atoms with Gasteiger partial charge in [-0.25, -0.2) is 14.8 Å². The second kappa shape index (κ2) is 10.1. The average molecular weight is 409 g/mol. The molecular weight excluding hydrogens is 386 g/mol. The van der Waals surface area contributed by atoms with Crippen molar-refractivity contribution in [1.82, 2.24) is 20.2 Å². The lowest BCUT2D eigenvalue weighted by Gasteiger charge is -2.34. The summed E-state index contributed by atoms with van der Waals surface area (Å²) in [5, 5.41) is 2.46. The van der Waals surface area contributed by atoms with Crippen LogP contribution in [0.25, 0.3) is 6.08 Å². The van der Waals surface area contributed by atoms with Crippen molar-refractivity contribution in [3.8, 4) is 0 Å². The number of carbonyl (C=O) groups is 3. The quantitative estimate of drug-likeness (QED) is 0.557. The van der Waals surface area contributed by atoms with Crippen LogP contribution in [0.15, 0.2) is 54.5 Å². The molecule has 3 rings (SSSR count). The van der Waals surface area contributed by atoms with Crippen LogP contribution < -0.4 is 10.2 Å². The summed E-state index contributed by atoms with van der Waals surface area (Å²) in [6.07, 6.45) is 4.86. The lowest BCUT2D eigenvalue weighted by molar-refractivity contribution is -0.149. The van der Waals surface area contributed by atoms with Gasteiger partial charge in [-0.15, -0.1) is 0 Å². The molecule has 1 aliphatic heterocycles. The number of benzene rings is 1. The smallest absolute Gasteiger partial charge is 0.355 e. The highest BCUT2D eigenvalue weighted by molar-refractivity contribution is 5.98. The summed E-state index contributed by atoms with van der Waals surface area (Å²) >= 11 is 0. The summed E-state index contributed by atoms with van der Waals surface area (Å²) in [6.45, 7) is 3.04. The van der Waals surface area contributed by atoms with Gasteiger partial charge in [-0.05, 0) is 17.7 Å². The highest BCUT2D eigenvalue weighted by Gasteiger charge is 2.24. The van der Waals surface area contributed by atoms with Gasteiger partial charge in [-0.2, -0.15) is 0 Å². The Bertz CT molecular complexity index is 910. The summed E-state index contributed by atoms with van der Waals surface area (Å²) in [6, 6.07) is 10.8. The van der Waals surface area contributed by atoms with Crippen LogP contribution in [0.1, 0.15) is 12.5 Å². The van der Waals surface area contributed by atoms with Gasteiger partial charge >= 0.3 is 5.97 Å². The molecule has 0 atom stereocenters. The summed E-state index contributed by atoms with van der Waals surface area (Å²) in [4.78, 5) is 48.3. The van der Waals surface area contributed by atoms with Crippen LogP contribution in [0, 0.1) is 0 Å². The third kappa shape index (κ3) is 5.87. The summed E-state index contributed by atoms with van der Waals surface area (Å²) < 4.78 is 5.15. The van der Waals surface area contributed by atoms with E-state index in [1.807, 2.05) is 23.1 Å². The number of hydrogen-bond donors (Lipinski definition) is 1. The topological polar surface area (TPSA) is 105 Å². The largest absolute Gasteiger partial charge is 0.451 e. The van der Waals surface area contributed by atoms with Crippen LogP contribution in [0.2, 0.25) is 0 Å². The van der Waals surface area contributed by atoms with Gasteiger partial charge in [0.2, 0.25) is 11.9 Å². The highest BCUT2D eigenvalue weighted by Crippen LogP contribution is 2.10. The van der Waals surface area contributed by atoms with E-state index in [0.29, 0.717) is 32.1 Å². The predicted molar refractivity (Wildman–Crippen MR) is 110 cm³/mol. The van der Waals surface area contributed by atoms with E-state index in [9.17, 15) is 14.4 Å². The maximum atomic E-state index is 12.4. The molecule has 2 amide bonds. The number of carbonyl (C=O) groups excluding carboxylic acids is 3. The number of rotatable bonds is 6. The van der Waals surface area contributed by atoms with E-state index in [4.69, 9.17) is 4.74 Å². The fourth-order valence-corrected chi connectivity index (χ4v) is 2.96. The molecule has 1 fully saturated rings. The van der Waals surface area contributed by atoms with Gasteiger partial charge in [-0.1, -0.05) is 30.3 Å². The molecule has 2 heterocycles. The van der Waals surface area contributed by atoms with Crippen molar-refractivity contribution in [2.75, 3.05) is 37.7 Å². The number of esters is 1. The van der Waals surface area contributed by atoms with Crippen LogP contribution in [-0.2, 0) is 19.1 Å².